The summed E-state index contributed by atoms with van der Waals surface area (Å²) < 4.78 is 4.67. The van der Waals surface area contributed by atoms with Gasteiger partial charge >= 0.3 is 5.97 Å². The van der Waals surface area contributed by atoms with Crippen LogP contribution < -0.4 is 10.2 Å². The Kier molecular flexibility index (Phi) is 2.91. The number of nitrogens with zero attached hydrogens (tertiary/aromatic N) is 2. The highest BCUT2D eigenvalue weighted by Crippen LogP contribution is 2.30. The van der Waals surface area contributed by atoms with E-state index in [-0.39, 0.29) is 5.97 Å². The standard InChI is InChI=1S/C13H17N3O2/c1-18-13(17)9-2-5-12(15-6-9)16-10-3-4-11(16)8-14-7-10/h2,5-6,10-11,14H,3-4,7-8H2,1H3. The molecular formula is C13H17N3O2. The van der Waals surface area contributed by atoms with Crippen LogP contribution in [0.5, 0.6) is 0 Å². The molecule has 3 heterocycles. The Hall–Kier alpha value is -1.62. The number of piperazine rings is 1. The maximum absolute atomic E-state index is 11.4. The summed E-state index contributed by atoms with van der Waals surface area (Å²) in [6.07, 6.45) is 4.04. The third-order valence-corrected chi connectivity index (χ3v) is 3.81. The van der Waals surface area contributed by atoms with E-state index in [2.05, 4.69) is 19.9 Å². The minimum Gasteiger partial charge on any atom is -0.465 e. The van der Waals surface area contributed by atoms with Gasteiger partial charge in [-0.15, -0.1) is 0 Å². The van der Waals surface area contributed by atoms with Gasteiger partial charge in [-0.05, 0) is 25.0 Å². The van der Waals surface area contributed by atoms with Crippen molar-refractivity contribution in [3.8, 4) is 0 Å². The summed E-state index contributed by atoms with van der Waals surface area (Å²) in [6.45, 7) is 2.05. The molecule has 2 bridgehead atoms. The van der Waals surface area contributed by atoms with Crippen LogP contribution in [0.1, 0.15) is 23.2 Å². The lowest BCUT2D eigenvalue weighted by atomic mass is 10.2. The molecular weight excluding hydrogens is 230 g/mol. The van der Waals surface area contributed by atoms with Crippen LogP contribution in [-0.2, 0) is 4.74 Å². The van der Waals surface area contributed by atoms with Crippen molar-refractivity contribution in [1.29, 1.82) is 0 Å². The second-order valence-electron chi connectivity index (χ2n) is 4.85. The molecule has 5 nitrogen and oxygen atoms in total. The quantitative estimate of drug-likeness (QED) is 0.784. The van der Waals surface area contributed by atoms with Crippen molar-refractivity contribution >= 4 is 11.8 Å². The average molecular weight is 247 g/mol. The number of rotatable bonds is 2. The van der Waals surface area contributed by atoms with Crippen molar-refractivity contribution in [2.75, 3.05) is 25.1 Å². The Balaban J connectivity index is 1.83. The number of nitrogens with one attached hydrogen (secondary N) is 1. The number of carbonyl (C=O) groups excluding carboxylic acids is 1. The van der Waals surface area contributed by atoms with Crippen molar-refractivity contribution in [3.63, 3.8) is 0 Å². The summed E-state index contributed by atoms with van der Waals surface area (Å²) in [4.78, 5) is 18.2. The number of hydrogen-bond donors (Lipinski definition) is 1. The molecule has 0 amide bonds. The van der Waals surface area contributed by atoms with Crippen molar-refractivity contribution in [2.24, 2.45) is 0 Å². The first-order chi connectivity index (χ1) is 8.79. The lowest BCUT2D eigenvalue weighted by Gasteiger charge is -2.36. The number of carbonyl (C=O) groups is 1. The molecule has 0 spiro atoms. The molecule has 2 aliphatic heterocycles. The molecule has 5 heteroatoms. The molecule has 1 aromatic rings. The highest BCUT2D eigenvalue weighted by Gasteiger charge is 2.37. The van der Waals surface area contributed by atoms with E-state index in [0.29, 0.717) is 17.6 Å². The smallest absolute Gasteiger partial charge is 0.339 e. The molecule has 2 aliphatic rings. The zero-order valence-electron chi connectivity index (χ0n) is 10.4. The number of aromatic nitrogens is 1. The summed E-state index contributed by atoms with van der Waals surface area (Å²) in [5.41, 5.74) is 0.503. The van der Waals surface area contributed by atoms with Gasteiger partial charge in [0.25, 0.3) is 0 Å². The summed E-state index contributed by atoms with van der Waals surface area (Å²) in [5, 5.41) is 3.44. The fourth-order valence-electron chi connectivity index (χ4n) is 2.93. The molecule has 0 radical (unpaired) electrons. The first-order valence-electron chi connectivity index (χ1n) is 6.33. The summed E-state index contributed by atoms with van der Waals surface area (Å²) >= 11 is 0. The van der Waals surface area contributed by atoms with Crippen LogP contribution in [0.3, 0.4) is 0 Å². The first-order valence-corrected chi connectivity index (χ1v) is 6.33. The SMILES string of the molecule is COC(=O)c1ccc(N2C3CCC2CNC3)nc1. The van der Waals surface area contributed by atoms with Crippen LogP contribution in [-0.4, -0.2) is 43.2 Å². The van der Waals surface area contributed by atoms with Crippen LogP contribution in [0.4, 0.5) is 5.82 Å². The monoisotopic (exact) mass is 247 g/mol. The summed E-state index contributed by atoms with van der Waals surface area (Å²) in [7, 11) is 1.38. The third-order valence-electron chi connectivity index (χ3n) is 3.81. The fraction of sp³-hybridized carbons (Fsp3) is 0.538. The predicted molar refractivity (Wildman–Crippen MR) is 67.7 cm³/mol. The normalized spacial score (nSPS) is 26.2. The second kappa shape index (κ2) is 4.57. The van der Waals surface area contributed by atoms with Gasteiger partial charge in [0.1, 0.15) is 5.82 Å². The van der Waals surface area contributed by atoms with Crippen LogP contribution in [0.15, 0.2) is 18.3 Å². The number of esters is 1. The van der Waals surface area contributed by atoms with E-state index in [0.717, 1.165) is 18.9 Å². The molecule has 1 N–H and O–H groups in total. The van der Waals surface area contributed by atoms with Gasteiger partial charge in [-0.1, -0.05) is 0 Å². The van der Waals surface area contributed by atoms with Crippen molar-refractivity contribution < 1.29 is 9.53 Å². The van der Waals surface area contributed by atoms with E-state index >= 15 is 0 Å². The minimum absolute atomic E-state index is 0.336. The highest BCUT2D eigenvalue weighted by atomic mass is 16.5. The highest BCUT2D eigenvalue weighted by molar-refractivity contribution is 5.89. The number of hydrogen-bond acceptors (Lipinski definition) is 5. The molecule has 0 aromatic carbocycles. The van der Waals surface area contributed by atoms with E-state index in [4.69, 9.17) is 0 Å². The number of methoxy groups -OCH3 is 1. The molecule has 1 aromatic heterocycles. The van der Waals surface area contributed by atoms with Crippen LogP contribution in [0.2, 0.25) is 0 Å². The van der Waals surface area contributed by atoms with Crippen LogP contribution >= 0.6 is 0 Å². The van der Waals surface area contributed by atoms with Gasteiger partial charge in [-0.3, -0.25) is 0 Å². The topological polar surface area (TPSA) is 54.5 Å². The van der Waals surface area contributed by atoms with E-state index in [9.17, 15) is 4.79 Å². The van der Waals surface area contributed by atoms with Gasteiger partial charge in [0.05, 0.1) is 12.7 Å². The van der Waals surface area contributed by atoms with E-state index < -0.39 is 0 Å². The van der Waals surface area contributed by atoms with Gasteiger partial charge < -0.3 is 15.0 Å². The molecule has 2 unspecified atom stereocenters. The molecule has 18 heavy (non-hydrogen) atoms. The van der Waals surface area contributed by atoms with Crippen LogP contribution in [0.25, 0.3) is 0 Å². The number of pyridine rings is 1. The van der Waals surface area contributed by atoms with Crippen molar-refractivity contribution in [2.45, 2.75) is 24.9 Å². The third kappa shape index (κ3) is 1.84. The Morgan fingerprint density at radius 1 is 1.39 bits per heavy atom. The number of ether oxygens (including phenoxy) is 1. The van der Waals surface area contributed by atoms with Gasteiger partial charge in [0.15, 0.2) is 0 Å². The Bertz CT molecular complexity index is 430. The lowest BCUT2D eigenvalue weighted by molar-refractivity contribution is 0.0600. The van der Waals surface area contributed by atoms with E-state index in [1.807, 2.05) is 6.07 Å². The van der Waals surface area contributed by atoms with E-state index in [1.165, 1.54) is 20.0 Å². The largest absolute Gasteiger partial charge is 0.465 e. The Morgan fingerprint density at radius 2 is 2.11 bits per heavy atom. The minimum atomic E-state index is -0.336. The fourth-order valence-corrected chi connectivity index (χ4v) is 2.93. The molecule has 0 aliphatic carbocycles. The first kappa shape index (κ1) is 11.5. The molecule has 2 saturated heterocycles. The summed E-state index contributed by atoms with van der Waals surface area (Å²) in [6, 6.07) is 4.79. The molecule has 96 valence electrons. The van der Waals surface area contributed by atoms with Crippen LogP contribution in [0, 0.1) is 0 Å². The van der Waals surface area contributed by atoms with E-state index in [1.54, 1.807) is 12.3 Å². The maximum atomic E-state index is 11.4. The molecule has 0 saturated carbocycles. The van der Waals surface area contributed by atoms with Gasteiger partial charge in [-0.2, -0.15) is 0 Å². The zero-order chi connectivity index (χ0) is 12.5. The van der Waals surface area contributed by atoms with Gasteiger partial charge in [0, 0.05) is 31.4 Å². The second-order valence-corrected chi connectivity index (χ2v) is 4.85. The maximum Gasteiger partial charge on any atom is 0.339 e. The lowest BCUT2D eigenvalue weighted by Crippen LogP contribution is -2.52. The molecule has 2 atom stereocenters. The van der Waals surface area contributed by atoms with Crippen molar-refractivity contribution in [1.82, 2.24) is 10.3 Å². The average Bonchev–Trinajstić information content (AvgIpc) is 2.67. The molecule has 2 fully saturated rings. The molecule has 3 rings (SSSR count). The zero-order valence-corrected chi connectivity index (χ0v) is 10.4. The Labute approximate surface area is 106 Å². The van der Waals surface area contributed by atoms with Gasteiger partial charge in [-0.25, -0.2) is 9.78 Å². The number of anilines is 1. The predicted octanol–water partition coefficient (Wildman–Crippen LogP) is 0.809. The number of fused-ring (bicyclic) bond motifs is 2. The van der Waals surface area contributed by atoms with Gasteiger partial charge in [0.2, 0.25) is 0 Å². The van der Waals surface area contributed by atoms with Crippen molar-refractivity contribution in [3.05, 3.63) is 23.9 Å². The Morgan fingerprint density at radius 3 is 2.67 bits per heavy atom. The summed E-state index contributed by atoms with van der Waals surface area (Å²) in [5.74, 6) is 0.633.